The fraction of sp³-hybridized carbons (Fsp3) is 0.182. The van der Waals surface area contributed by atoms with Crippen molar-refractivity contribution in [1.29, 1.82) is 0 Å². The normalized spacial score (nSPS) is 23.5. The first kappa shape index (κ1) is 6.89. The Balaban J connectivity index is 2.22. The molecule has 13 heavy (non-hydrogen) atoms. The molecule has 2 aliphatic rings. The number of rotatable bonds is 0. The third-order valence-electron chi connectivity index (χ3n) is 2.69. The van der Waals surface area contributed by atoms with Crippen molar-refractivity contribution in [2.45, 2.75) is 6.42 Å². The van der Waals surface area contributed by atoms with Crippen molar-refractivity contribution in [3.8, 4) is 0 Å². The maximum absolute atomic E-state index is 11.4. The number of fused-ring (bicyclic) bond motifs is 3. The van der Waals surface area contributed by atoms with Gasteiger partial charge >= 0.3 is 0 Å². The molecule has 1 aromatic rings. The lowest BCUT2D eigenvalue weighted by Gasteiger charge is -2.31. The lowest BCUT2D eigenvalue weighted by Crippen LogP contribution is -2.32. The molecule has 0 saturated heterocycles. The number of amides is 1. The molecule has 2 heteroatoms. The summed E-state index contributed by atoms with van der Waals surface area (Å²) in [5, 5.41) is 4.05. The topological polar surface area (TPSA) is 31.2 Å². The molecule has 1 atom stereocenters. The second-order valence-corrected chi connectivity index (χ2v) is 3.41. The molecular weight excluding hydrogens is 162 g/mol. The van der Waals surface area contributed by atoms with Gasteiger partial charge in [0.15, 0.2) is 0 Å². The number of para-hydroxylation sites is 1. The summed E-state index contributed by atoms with van der Waals surface area (Å²) in [4.78, 5) is 11.4. The van der Waals surface area contributed by atoms with E-state index >= 15 is 0 Å². The first-order chi connectivity index (χ1) is 6.36. The highest BCUT2D eigenvalue weighted by atomic mass is 16.2. The monoisotopic (exact) mass is 170 g/mol. The molecule has 0 bridgehead atoms. The van der Waals surface area contributed by atoms with Crippen LogP contribution in [0.15, 0.2) is 30.3 Å². The van der Waals surface area contributed by atoms with Gasteiger partial charge in [0.25, 0.3) is 5.91 Å². The van der Waals surface area contributed by atoms with E-state index in [1.54, 1.807) is 0 Å². The van der Waals surface area contributed by atoms with Crippen molar-refractivity contribution < 1.29 is 4.79 Å². The first-order valence-electron chi connectivity index (χ1n) is 4.41. The number of carbonyl (C=O) groups is 1. The minimum atomic E-state index is 0.0243. The molecule has 1 aliphatic carbocycles. The average Bonchev–Trinajstić information content (AvgIpc) is 2.04. The molecule has 1 aliphatic heterocycles. The van der Waals surface area contributed by atoms with Crippen molar-refractivity contribution in [3.63, 3.8) is 0 Å². The van der Waals surface area contributed by atoms with Gasteiger partial charge < -0.3 is 0 Å². The van der Waals surface area contributed by atoms with Gasteiger partial charge in [-0.2, -0.15) is 0 Å². The van der Waals surface area contributed by atoms with Crippen LogP contribution in [0.3, 0.4) is 0 Å². The minimum Gasteiger partial charge on any atom is -0.272 e. The second-order valence-electron chi connectivity index (χ2n) is 3.41. The quantitative estimate of drug-likeness (QED) is 0.584. The highest BCUT2D eigenvalue weighted by molar-refractivity contribution is 6.03. The number of hydrogen-bond donors (Lipinski definition) is 0. The first-order valence-corrected chi connectivity index (χ1v) is 4.41. The third-order valence-corrected chi connectivity index (χ3v) is 2.69. The predicted octanol–water partition coefficient (Wildman–Crippen LogP) is 1.87. The van der Waals surface area contributed by atoms with Crippen LogP contribution >= 0.6 is 0 Å². The van der Waals surface area contributed by atoms with Crippen LogP contribution in [-0.4, -0.2) is 5.91 Å². The predicted molar refractivity (Wildman–Crippen MR) is 49.3 cm³/mol. The van der Waals surface area contributed by atoms with Crippen molar-refractivity contribution in [2.24, 2.45) is 5.92 Å². The Labute approximate surface area is 76.3 Å². The van der Waals surface area contributed by atoms with Crippen LogP contribution in [0, 0.1) is 5.92 Å². The molecule has 63 valence electrons. The van der Waals surface area contributed by atoms with E-state index in [9.17, 15) is 4.79 Å². The standard InChI is InChI=1S/C11H8NO/c13-11-9-6-5-7(9)8-3-1-2-4-10(8)12-11/h1-5,9H,6H2. The summed E-state index contributed by atoms with van der Waals surface area (Å²) >= 11 is 0. The Morgan fingerprint density at radius 2 is 2.15 bits per heavy atom. The van der Waals surface area contributed by atoms with E-state index in [0.717, 1.165) is 17.7 Å². The molecule has 3 rings (SSSR count). The van der Waals surface area contributed by atoms with Crippen LogP contribution in [-0.2, 0) is 4.79 Å². The van der Waals surface area contributed by atoms with Gasteiger partial charge in [-0.3, -0.25) is 4.79 Å². The molecule has 1 unspecified atom stereocenters. The van der Waals surface area contributed by atoms with E-state index < -0.39 is 0 Å². The zero-order valence-corrected chi connectivity index (χ0v) is 7.03. The van der Waals surface area contributed by atoms with Gasteiger partial charge in [0, 0.05) is 5.56 Å². The van der Waals surface area contributed by atoms with Crippen LogP contribution < -0.4 is 5.32 Å². The number of allylic oxidation sites excluding steroid dienone is 1. The lowest BCUT2D eigenvalue weighted by molar-refractivity contribution is -0.122. The Morgan fingerprint density at radius 1 is 1.31 bits per heavy atom. The summed E-state index contributed by atoms with van der Waals surface area (Å²) < 4.78 is 0. The summed E-state index contributed by atoms with van der Waals surface area (Å²) in [6.45, 7) is 0. The van der Waals surface area contributed by atoms with Gasteiger partial charge in [0.1, 0.15) is 0 Å². The zero-order valence-electron chi connectivity index (χ0n) is 7.03. The fourth-order valence-corrected chi connectivity index (χ4v) is 1.90. The summed E-state index contributed by atoms with van der Waals surface area (Å²) in [6, 6.07) is 7.82. The van der Waals surface area contributed by atoms with E-state index in [4.69, 9.17) is 0 Å². The zero-order chi connectivity index (χ0) is 8.84. The molecule has 2 nitrogen and oxygen atoms in total. The maximum Gasteiger partial charge on any atom is 0.254 e. The van der Waals surface area contributed by atoms with Gasteiger partial charge in [0.05, 0.1) is 11.6 Å². The molecule has 1 amide bonds. The Hall–Kier alpha value is -1.57. The van der Waals surface area contributed by atoms with Crippen molar-refractivity contribution >= 4 is 17.2 Å². The fourth-order valence-electron chi connectivity index (χ4n) is 1.90. The van der Waals surface area contributed by atoms with Crippen LogP contribution in [0.5, 0.6) is 0 Å². The molecule has 0 N–H and O–H groups in total. The number of carbonyl (C=O) groups excluding carboxylic acids is 1. The number of benzene rings is 1. The lowest BCUT2D eigenvalue weighted by atomic mass is 9.77. The Kier molecular flexibility index (Phi) is 1.18. The summed E-state index contributed by atoms with van der Waals surface area (Å²) in [5.74, 6) is 0.0890. The average molecular weight is 170 g/mol. The van der Waals surface area contributed by atoms with E-state index in [1.807, 2.05) is 24.3 Å². The second kappa shape index (κ2) is 2.22. The molecule has 0 spiro atoms. The SMILES string of the molecule is O=C1[N]c2ccccc2C2=CCC12. The largest absolute Gasteiger partial charge is 0.272 e. The smallest absolute Gasteiger partial charge is 0.254 e. The van der Waals surface area contributed by atoms with Crippen molar-refractivity contribution in [2.75, 3.05) is 0 Å². The van der Waals surface area contributed by atoms with Crippen LogP contribution in [0.4, 0.5) is 5.69 Å². The van der Waals surface area contributed by atoms with Gasteiger partial charge in [-0.15, -0.1) is 0 Å². The molecule has 0 aromatic heterocycles. The van der Waals surface area contributed by atoms with E-state index in [1.165, 1.54) is 5.57 Å². The highest BCUT2D eigenvalue weighted by Crippen LogP contribution is 2.42. The number of hydrogen-bond acceptors (Lipinski definition) is 1. The van der Waals surface area contributed by atoms with Crippen LogP contribution in [0.25, 0.3) is 5.57 Å². The maximum atomic E-state index is 11.4. The molecule has 1 aromatic carbocycles. The minimum absolute atomic E-state index is 0.0243. The van der Waals surface area contributed by atoms with Gasteiger partial charge in [0.2, 0.25) is 0 Å². The summed E-state index contributed by atoms with van der Waals surface area (Å²) in [7, 11) is 0. The Bertz CT molecular complexity index is 420. The third kappa shape index (κ3) is 0.800. The molecular formula is C11H8NO. The van der Waals surface area contributed by atoms with E-state index in [2.05, 4.69) is 11.4 Å². The number of nitrogens with zero attached hydrogens (tertiary/aromatic N) is 1. The van der Waals surface area contributed by atoms with E-state index in [0.29, 0.717) is 0 Å². The Morgan fingerprint density at radius 3 is 2.92 bits per heavy atom. The van der Waals surface area contributed by atoms with Gasteiger partial charge in [-0.1, -0.05) is 24.3 Å². The van der Waals surface area contributed by atoms with Crippen LogP contribution in [0.1, 0.15) is 12.0 Å². The van der Waals surface area contributed by atoms with Gasteiger partial charge in [-0.05, 0) is 18.1 Å². The summed E-state index contributed by atoms with van der Waals surface area (Å²) in [6.07, 6.45) is 2.99. The summed E-state index contributed by atoms with van der Waals surface area (Å²) in [5.41, 5.74) is 3.14. The molecule has 0 fully saturated rings. The van der Waals surface area contributed by atoms with Crippen molar-refractivity contribution in [1.82, 2.24) is 5.32 Å². The highest BCUT2D eigenvalue weighted by Gasteiger charge is 2.35. The molecule has 1 heterocycles. The molecule has 0 saturated carbocycles. The van der Waals surface area contributed by atoms with Crippen LogP contribution in [0.2, 0.25) is 0 Å². The molecule has 1 radical (unpaired) electrons. The van der Waals surface area contributed by atoms with Crippen molar-refractivity contribution in [3.05, 3.63) is 35.9 Å². The van der Waals surface area contributed by atoms with E-state index in [-0.39, 0.29) is 11.8 Å². The van der Waals surface area contributed by atoms with Gasteiger partial charge in [-0.25, -0.2) is 5.32 Å².